The number of benzene rings is 1. The van der Waals surface area contributed by atoms with E-state index >= 15 is 0 Å². The van der Waals surface area contributed by atoms with Gasteiger partial charge in [-0.3, -0.25) is 4.98 Å². The molecule has 0 atom stereocenters. The molecule has 3 aromatic heterocycles. The Morgan fingerprint density at radius 2 is 1.85 bits per heavy atom. The number of anilines is 1. The van der Waals surface area contributed by atoms with Gasteiger partial charge in [-0.05, 0) is 68.1 Å². The van der Waals surface area contributed by atoms with E-state index in [1.807, 2.05) is 23.1 Å². The Bertz CT molecular complexity index is 1240. The quantitative estimate of drug-likeness (QED) is 0.393. The lowest BCUT2D eigenvalue weighted by Gasteiger charge is -2.38. The molecule has 4 aromatic rings. The SMILES string of the molecule is CCCN(CC)C1CCN(c2cnc3c(-c4ccnc5ccc(CC)cc45)cnn3c2)CC1. The van der Waals surface area contributed by atoms with Gasteiger partial charge in [0.05, 0.1) is 29.8 Å². The van der Waals surface area contributed by atoms with Crippen LogP contribution in [0.5, 0.6) is 0 Å². The summed E-state index contributed by atoms with van der Waals surface area (Å²) in [4.78, 5) is 14.5. The third-order valence-corrected chi connectivity index (χ3v) is 7.11. The summed E-state index contributed by atoms with van der Waals surface area (Å²) in [5.74, 6) is 0. The third kappa shape index (κ3) is 4.20. The molecule has 1 fully saturated rings. The highest BCUT2D eigenvalue weighted by atomic mass is 15.3. The number of aromatic nitrogens is 4. The van der Waals surface area contributed by atoms with Crippen molar-refractivity contribution in [2.45, 2.75) is 52.5 Å². The highest BCUT2D eigenvalue weighted by molar-refractivity contribution is 5.98. The molecule has 1 aliphatic rings. The summed E-state index contributed by atoms with van der Waals surface area (Å²) in [6.45, 7) is 11.2. The molecular formula is C27H34N6. The molecule has 5 rings (SSSR count). The zero-order chi connectivity index (χ0) is 22.8. The minimum Gasteiger partial charge on any atom is -0.369 e. The van der Waals surface area contributed by atoms with E-state index in [9.17, 15) is 0 Å². The highest BCUT2D eigenvalue weighted by Gasteiger charge is 2.24. The Morgan fingerprint density at radius 3 is 2.61 bits per heavy atom. The van der Waals surface area contributed by atoms with Crippen molar-refractivity contribution in [3.05, 3.63) is 54.6 Å². The van der Waals surface area contributed by atoms with Crippen LogP contribution in [-0.4, -0.2) is 56.7 Å². The minimum absolute atomic E-state index is 0.701. The first-order chi connectivity index (χ1) is 16.2. The van der Waals surface area contributed by atoms with Crippen LogP contribution in [-0.2, 0) is 6.42 Å². The average molecular weight is 443 g/mol. The molecule has 0 saturated carbocycles. The largest absolute Gasteiger partial charge is 0.369 e. The van der Waals surface area contributed by atoms with E-state index < -0.39 is 0 Å². The lowest BCUT2D eigenvalue weighted by atomic mass is 10.0. The number of hydrogen-bond donors (Lipinski definition) is 0. The highest BCUT2D eigenvalue weighted by Crippen LogP contribution is 2.31. The van der Waals surface area contributed by atoms with Crippen LogP contribution in [0.25, 0.3) is 27.7 Å². The number of nitrogens with zero attached hydrogens (tertiary/aromatic N) is 6. The van der Waals surface area contributed by atoms with Crippen LogP contribution < -0.4 is 4.90 Å². The monoisotopic (exact) mass is 442 g/mol. The van der Waals surface area contributed by atoms with Crippen LogP contribution in [0.3, 0.4) is 0 Å². The molecule has 33 heavy (non-hydrogen) atoms. The van der Waals surface area contributed by atoms with Crippen molar-refractivity contribution in [3.63, 3.8) is 0 Å². The van der Waals surface area contributed by atoms with Crippen LogP contribution >= 0.6 is 0 Å². The third-order valence-electron chi connectivity index (χ3n) is 7.11. The number of hydrogen-bond acceptors (Lipinski definition) is 5. The first-order valence-electron chi connectivity index (χ1n) is 12.4. The van der Waals surface area contributed by atoms with Gasteiger partial charge in [-0.2, -0.15) is 5.10 Å². The number of pyridine rings is 1. The predicted molar refractivity (Wildman–Crippen MR) is 136 cm³/mol. The van der Waals surface area contributed by atoms with Crippen LogP contribution in [0.15, 0.2) is 49.1 Å². The average Bonchev–Trinajstić information content (AvgIpc) is 3.30. The Labute approximate surface area is 196 Å². The van der Waals surface area contributed by atoms with Crippen molar-refractivity contribution in [2.24, 2.45) is 0 Å². The summed E-state index contributed by atoms with van der Waals surface area (Å²) in [6.07, 6.45) is 12.6. The van der Waals surface area contributed by atoms with Crippen molar-refractivity contribution in [2.75, 3.05) is 31.1 Å². The summed E-state index contributed by atoms with van der Waals surface area (Å²) < 4.78 is 1.93. The van der Waals surface area contributed by atoms with Crippen LogP contribution in [0.2, 0.25) is 0 Å². The summed E-state index contributed by atoms with van der Waals surface area (Å²) in [7, 11) is 0. The second-order valence-corrected chi connectivity index (χ2v) is 9.05. The van der Waals surface area contributed by atoms with Gasteiger partial charge in [-0.1, -0.05) is 26.8 Å². The molecule has 0 N–H and O–H groups in total. The van der Waals surface area contributed by atoms with Crippen LogP contribution in [0.4, 0.5) is 5.69 Å². The summed E-state index contributed by atoms with van der Waals surface area (Å²) >= 11 is 0. The van der Waals surface area contributed by atoms with Gasteiger partial charge in [-0.25, -0.2) is 9.50 Å². The van der Waals surface area contributed by atoms with Crippen molar-refractivity contribution in [3.8, 4) is 11.1 Å². The Morgan fingerprint density at radius 1 is 1.00 bits per heavy atom. The Kier molecular flexibility index (Phi) is 6.27. The molecular weight excluding hydrogens is 408 g/mol. The second-order valence-electron chi connectivity index (χ2n) is 9.05. The molecule has 172 valence electrons. The van der Waals surface area contributed by atoms with Gasteiger partial charge in [0.25, 0.3) is 0 Å². The molecule has 6 nitrogen and oxygen atoms in total. The van der Waals surface area contributed by atoms with Crippen LogP contribution in [0.1, 0.15) is 45.6 Å². The van der Waals surface area contributed by atoms with Crippen molar-refractivity contribution < 1.29 is 0 Å². The van der Waals surface area contributed by atoms with Gasteiger partial charge in [0.15, 0.2) is 5.65 Å². The smallest absolute Gasteiger partial charge is 0.162 e. The van der Waals surface area contributed by atoms with Crippen molar-refractivity contribution >= 4 is 22.2 Å². The van der Waals surface area contributed by atoms with E-state index in [0.29, 0.717) is 6.04 Å². The first kappa shape index (κ1) is 21.8. The summed E-state index contributed by atoms with van der Waals surface area (Å²) in [5, 5.41) is 5.84. The maximum absolute atomic E-state index is 4.87. The fourth-order valence-electron chi connectivity index (χ4n) is 5.24. The second kappa shape index (κ2) is 9.48. The van der Waals surface area contributed by atoms with Gasteiger partial charge in [0.2, 0.25) is 0 Å². The molecule has 0 radical (unpaired) electrons. The van der Waals surface area contributed by atoms with Gasteiger partial charge in [-0.15, -0.1) is 0 Å². The molecule has 0 unspecified atom stereocenters. The summed E-state index contributed by atoms with van der Waals surface area (Å²) in [6, 6.07) is 9.29. The van der Waals surface area contributed by atoms with Crippen molar-refractivity contribution in [1.29, 1.82) is 0 Å². The number of piperidine rings is 1. The predicted octanol–water partition coefficient (Wildman–Crippen LogP) is 5.21. The van der Waals surface area contributed by atoms with E-state index in [1.165, 1.54) is 31.4 Å². The zero-order valence-electron chi connectivity index (χ0n) is 20.0. The lowest BCUT2D eigenvalue weighted by molar-refractivity contribution is 0.177. The molecule has 1 aliphatic heterocycles. The number of aryl methyl sites for hydroxylation is 1. The lowest BCUT2D eigenvalue weighted by Crippen LogP contribution is -2.45. The summed E-state index contributed by atoms with van der Waals surface area (Å²) in [5.41, 5.74) is 6.56. The Balaban J connectivity index is 1.41. The van der Waals surface area contributed by atoms with Gasteiger partial charge in [0, 0.05) is 36.3 Å². The van der Waals surface area contributed by atoms with Crippen LogP contribution in [0, 0.1) is 0 Å². The molecule has 0 aliphatic carbocycles. The fraction of sp³-hybridized carbons (Fsp3) is 0.444. The normalized spacial score (nSPS) is 15.2. The molecule has 0 amide bonds. The molecule has 6 heteroatoms. The number of rotatable bonds is 7. The van der Waals surface area contributed by atoms with Gasteiger partial charge in [0.1, 0.15) is 0 Å². The Hall–Kier alpha value is -2.99. The van der Waals surface area contributed by atoms with Gasteiger partial charge < -0.3 is 9.80 Å². The fourth-order valence-corrected chi connectivity index (χ4v) is 5.24. The molecule has 0 bridgehead atoms. The van der Waals surface area contributed by atoms with E-state index in [-0.39, 0.29) is 0 Å². The van der Waals surface area contributed by atoms with Crippen molar-refractivity contribution in [1.82, 2.24) is 24.5 Å². The van der Waals surface area contributed by atoms with Gasteiger partial charge >= 0.3 is 0 Å². The maximum Gasteiger partial charge on any atom is 0.162 e. The topological polar surface area (TPSA) is 49.6 Å². The van der Waals surface area contributed by atoms with E-state index in [1.54, 1.807) is 0 Å². The van der Waals surface area contributed by atoms with E-state index in [4.69, 9.17) is 4.98 Å². The molecule has 4 heterocycles. The molecule has 1 saturated heterocycles. The molecule has 0 spiro atoms. The minimum atomic E-state index is 0.701. The number of fused-ring (bicyclic) bond motifs is 2. The standard InChI is InChI=1S/C27H34N6/c1-4-13-31(6-3)21-10-14-32(15-11-21)22-17-29-27-25(18-30-33(27)19-22)23-9-12-28-26-8-7-20(5-2)16-24(23)26/h7-9,12,16-19,21H,4-6,10-11,13-15H2,1-3H3. The molecule has 1 aromatic carbocycles. The van der Waals surface area contributed by atoms with E-state index in [0.717, 1.165) is 59.4 Å². The zero-order valence-corrected chi connectivity index (χ0v) is 20.0. The van der Waals surface area contributed by atoms with E-state index in [2.05, 4.69) is 71.1 Å². The maximum atomic E-state index is 4.87. The first-order valence-corrected chi connectivity index (χ1v) is 12.4.